The number of guanidine groups is 1. The van der Waals surface area contributed by atoms with Crippen molar-refractivity contribution in [3.63, 3.8) is 0 Å². The third-order valence-electron chi connectivity index (χ3n) is 5.41. The van der Waals surface area contributed by atoms with Crippen LogP contribution in [0.15, 0.2) is 58.1 Å². The minimum Gasteiger partial charge on any atom is -0.469 e. The van der Waals surface area contributed by atoms with Gasteiger partial charge in [-0.3, -0.25) is 0 Å². The number of nitrogens with one attached hydrogen (secondary N) is 2. The molecule has 2 fully saturated rings. The molecule has 2 N–H and O–H groups in total. The highest BCUT2D eigenvalue weighted by atomic mass is 32.2. The minimum absolute atomic E-state index is 0.0687. The molecule has 1 spiro atoms. The van der Waals surface area contributed by atoms with Crippen molar-refractivity contribution in [1.82, 2.24) is 10.6 Å². The zero-order chi connectivity index (χ0) is 19.1. The largest absolute Gasteiger partial charge is 0.469 e. The molecule has 6 heteroatoms. The van der Waals surface area contributed by atoms with Crippen LogP contribution in [0.4, 0.5) is 0 Å². The van der Waals surface area contributed by atoms with E-state index in [1.807, 2.05) is 30.0 Å². The second kappa shape index (κ2) is 9.52. The number of furan rings is 1. The normalized spacial score (nSPS) is 25.1. The van der Waals surface area contributed by atoms with Crippen molar-refractivity contribution in [3.05, 3.63) is 60.1 Å². The predicted octanol–water partition coefficient (Wildman–Crippen LogP) is 3.61. The topological polar surface area (TPSA) is 58.8 Å². The van der Waals surface area contributed by atoms with Gasteiger partial charge in [-0.15, -0.1) is 0 Å². The number of aliphatic imine (C=N–C) groups is 1. The Labute approximate surface area is 171 Å². The van der Waals surface area contributed by atoms with Crippen LogP contribution in [-0.4, -0.2) is 42.3 Å². The lowest BCUT2D eigenvalue weighted by atomic mass is 9.90. The maximum absolute atomic E-state index is 6.16. The minimum atomic E-state index is 0.0687. The number of benzene rings is 1. The maximum atomic E-state index is 6.16. The van der Waals surface area contributed by atoms with E-state index < -0.39 is 0 Å². The second-order valence-corrected chi connectivity index (χ2v) is 8.68. The fourth-order valence-corrected chi connectivity index (χ4v) is 5.25. The van der Waals surface area contributed by atoms with Gasteiger partial charge in [-0.05, 0) is 42.7 Å². The van der Waals surface area contributed by atoms with Crippen molar-refractivity contribution in [2.24, 2.45) is 4.99 Å². The van der Waals surface area contributed by atoms with Crippen LogP contribution in [0.2, 0.25) is 0 Å². The molecule has 0 aliphatic carbocycles. The highest BCUT2D eigenvalue weighted by Crippen LogP contribution is 2.38. The average Bonchev–Trinajstić information content (AvgIpc) is 3.39. The molecule has 28 heavy (non-hydrogen) atoms. The summed E-state index contributed by atoms with van der Waals surface area (Å²) in [7, 11) is 0. The SMILES string of the molecule is c1ccc(CN=C(NCCc2ccco2)NC2CCOC3(CCSC3)C2)cc1. The molecular weight excluding hydrogens is 370 g/mol. The summed E-state index contributed by atoms with van der Waals surface area (Å²) in [5.74, 6) is 4.20. The van der Waals surface area contributed by atoms with E-state index in [0.717, 1.165) is 56.3 Å². The van der Waals surface area contributed by atoms with Gasteiger partial charge in [-0.2, -0.15) is 11.8 Å². The fraction of sp³-hybridized carbons (Fsp3) is 0.500. The Morgan fingerprint density at radius 2 is 2.14 bits per heavy atom. The van der Waals surface area contributed by atoms with Crippen LogP contribution in [-0.2, 0) is 17.7 Å². The first-order valence-electron chi connectivity index (χ1n) is 10.1. The van der Waals surface area contributed by atoms with Gasteiger partial charge >= 0.3 is 0 Å². The second-order valence-electron chi connectivity index (χ2n) is 7.57. The number of hydrogen-bond donors (Lipinski definition) is 2. The van der Waals surface area contributed by atoms with E-state index >= 15 is 0 Å². The Kier molecular flexibility index (Phi) is 6.60. The maximum Gasteiger partial charge on any atom is 0.191 e. The van der Waals surface area contributed by atoms with E-state index in [1.54, 1.807) is 6.26 Å². The monoisotopic (exact) mass is 399 g/mol. The standard InChI is InChI=1S/C22H29N3O2S/c1-2-5-18(6-3-1)16-24-21(23-11-8-20-7-4-12-26-20)25-19-9-13-27-22(15-19)10-14-28-17-22/h1-7,12,19H,8-11,13-17H2,(H2,23,24,25). The third kappa shape index (κ3) is 5.32. The van der Waals surface area contributed by atoms with Crippen LogP contribution >= 0.6 is 11.8 Å². The first-order valence-corrected chi connectivity index (χ1v) is 11.3. The fourth-order valence-electron chi connectivity index (χ4n) is 3.87. The summed E-state index contributed by atoms with van der Waals surface area (Å²) in [5.41, 5.74) is 1.28. The summed E-state index contributed by atoms with van der Waals surface area (Å²) in [6.07, 6.45) is 5.81. The van der Waals surface area contributed by atoms with Crippen LogP contribution in [0.3, 0.4) is 0 Å². The van der Waals surface area contributed by atoms with E-state index in [2.05, 4.69) is 34.9 Å². The molecule has 0 bridgehead atoms. The molecule has 2 aliphatic rings. The van der Waals surface area contributed by atoms with Gasteiger partial charge in [0.05, 0.1) is 18.4 Å². The highest BCUT2D eigenvalue weighted by Gasteiger charge is 2.40. The van der Waals surface area contributed by atoms with E-state index in [1.165, 1.54) is 11.3 Å². The molecule has 3 heterocycles. The summed E-state index contributed by atoms with van der Waals surface area (Å²) in [6, 6.07) is 14.7. The predicted molar refractivity (Wildman–Crippen MR) is 115 cm³/mol. The van der Waals surface area contributed by atoms with Crippen molar-refractivity contribution < 1.29 is 9.15 Å². The highest BCUT2D eigenvalue weighted by molar-refractivity contribution is 7.99. The van der Waals surface area contributed by atoms with Crippen LogP contribution < -0.4 is 10.6 Å². The first-order chi connectivity index (χ1) is 13.8. The molecular formula is C22H29N3O2S. The molecule has 2 aromatic rings. The lowest BCUT2D eigenvalue weighted by Crippen LogP contribution is -2.51. The number of nitrogens with zero attached hydrogens (tertiary/aromatic N) is 1. The number of rotatable bonds is 6. The summed E-state index contributed by atoms with van der Waals surface area (Å²) in [5, 5.41) is 7.16. The van der Waals surface area contributed by atoms with E-state index in [9.17, 15) is 0 Å². The zero-order valence-corrected chi connectivity index (χ0v) is 17.0. The van der Waals surface area contributed by atoms with Crippen LogP contribution in [0, 0.1) is 0 Å². The van der Waals surface area contributed by atoms with E-state index in [4.69, 9.17) is 14.1 Å². The van der Waals surface area contributed by atoms with Crippen molar-refractivity contribution in [3.8, 4) is 0 Å². The lowest BCUT2D eigenvalue weighted by Gasteiger charge is -2.38. The summed E-state index contributed by atoms with van der Waals surface area (Å²) < 4.78 is 11.6. The molecule has 4 rings (SSSR count). The van der Waals surface area contributed by atoms with Gasteiger partial charge in [0.2, 0.25) is 0 Å². The molecule has 150 valence electrons. The smallest absolute Gasteiger partial charge is 0.191 e. The average molecular weight is 400 g/mol. The van der Waals surface area contributed by atoms with E-state index in [0.29, 0.717) is 12.6 Å². The Balaban J connectivity index is 1.38. The van der Waals surface area contributed by atoms with Crippen molar-refractivity contribution in [2.45, 2.75) is 43.9 Å². The van der Waals surface area contributed by atoms with Crippen LogP contribution in [0.25, 0.3) is 0 Å². The van der Waals surface area contributed by atoms with Crippen LogP contribution in [0.5, 0.6) is 0 Å². The van der Waals surface area contributed by atoms with Crippen molar-refractivity contribution in [2.75, 3.05) is 24.7 Å². The summed E-state index contributed by atoms with van der Waals surface area (Å²) in [6.45, 7) is 2.29. The van der Waals surface area contributed by atoms with Gasteiger partial charge in [0.15, 0.2) is 5.96 Å². The molecule has 5 nitrogen and oxygen atoms in total. The Morgan fingerprint density at radius 3 is 2.93 bits per heavy atom. The van der Waals surface area contributed by atoms with Gasteiger partial charge in [0.25, 0.3) is 0 Å². The van der Waals surface area contributed by atoms with Crippen LogP contribution in [0.1, 0.15) is 30.6 Å². The molecule has 0 radical (unpaired) electrons. The van der Waals surface area contributed by atoms with Gasteiger partial charge in [-0.25, -0.2) is 4.99 Å². The number of hydrogen-bond acceptors (Lipinski definition) is 4. The molecule has 1 aromatic heterocycles. The van der Waals surface area contributed by atoms with Crippen molar-refractivity contribution >= 4 is 17.7 Å². The molecule has 0 saturated carbocycles. The van der Waals surface area contributed by atoms with Gasteiger partial charge in [0.1, 0.15) is 5.76 Å². The third-order valence-corrected chi connectivity index (χ3v) is 6.63. The van der Waals surface area contributed by atoms with Gasteiger partial charge in [0, 0.05) is 31.4 Å². The molecule has 1 aromatic carbocycles. The van der Waals surface area contributed by atoms with Gasteiger partial charge in [-0.1, -0.05) is 30.3 Å². The Bertz CT molecular complexity index is 742. The summed E-state index contributed by atoms with van der Waals surface area (Å²) in [4.78, 5) is 4.84. The quantitative estimate of drug-likeness (QED) is 0.574. The van der Waals surface area contributed by atoms with Crippen molar-refractivity contribution in [1.29, 1.82) is 0 Å². The van der Waals surface area contributed by atoms with E-state index in [-0.39, 0.29) is 5.60 Å². The molecule has 2 aliphatic heterocycles. The molecule has 2 saturated heterocycles. The zero-order valence-electron chi connectivity index (χ0n) is 16.2. The summed E-state index contributed by atoms with van der Waals surface area (Å²) >= 11 is 2.01. The molecule has 2 unspecified atom stereocenters. The van der Waals surface area contributed by atoms with Gasteiger partial charge < -0.3 is 19.8 Å². The number of ether oxygens (including phenoxy) is 1. The molecule has 0 amide bonds. The first kappa shape index (κ1) is 19.4. The Morgan fingerprint density at radius 1 is 1.21 bits per heavy atom. The lowest BCUT2D eigenvalue weighted by molar-refractivity contribution is -0.0679. The Hall–Kier alpha value is -1.92. The number of thioether (sulfide) groups is 1. The molecule has 2 atom stereocenters.